The number of aromatic nitrogens is 2. The van der Waals surface area contributed by atoms with Crippen molar-refractivity contribution in [3.8, 4) is 17.0 Å². The highest BCUT2D eigenvalue weighted by Gasteiger charge is 2.20. The van der Waals surface area contributed by atoms with Crippen molar-refractivity contribution in [1.29, 1.82) is 0 Å². The third kappa shape index (κ3) is 4.16. The van der Waals surface area contributed by atoms with Gasteiger partial charge in [0.15, 0.2) is 5.78 Å². The van der Waals surface area contributed by atoms with Gasteiger partial charge in [-0.15, -0.1) is 0 Å². The molecule has 7 heteroatoms. The molecule has 5 nitrogen and oxygen atoms in total. The number of carbonyl (C=O) groups excluding carboxylic acids is 1. The molecule has 0 radical (unpaired) electrons. The summed E-state index contributed by atoms with van der Waals surface area (Å²) in [5, 5.41) is 0. The predicted octanol–water partition coefficient (Wildman–Crippen LogP) is 0.220. The van der Waals surface area contributed by atoms with Crippen molar-refractivity contribution in [1.82, 2.24) is 4.57 Å². The van der Waals surface area contributed by atoms with E-state index in [1.165, 1.54) is 0 Å². The Kier molecular flexibility index (Phi) is 6.61. The predicted molar refractivity (Wildman–Crippen MR) is 100 cm³/mol. The number of carbonyl (C=O) groups is 1. The first kappa shape index (κ1) is 20.2. The number of ether oxygens (including phenoxy) is 1. The lowest BCUT2D eigenvalue weighted by Gasteiger charge is -2.02. The van der Waals surface area contributed by atoms with Crippen LogP contribution in [0.25, 0.3) is 11.3 Å². The van der Waals surface area contributed by atoms with Crippen LogP contribution in [-0.4, -0.2) is 17.5 Å². The molecule has 0 saturated heterocycles. The van der Waals surface area contributed by atoms with E-state index in [4.69, 9.17) is 10.5 Å². The quantitative estimate of drug-likeness (QED) is 0.419. The number of nitrogens with zero attached hydrogens (tertiary/aromatic N) is 2. The van der Waals surface area contributed by atoms with E-state index in [1.54, 1.807) is 35.9 Å². The number of anilines is 1. The standard InChI is InChI=1S/C19H18BrN3O2.BrH/c1-22-17(13-3-7-15(20)8-4-13)11-23(19(22)21)12-18(24)14-5-9-16(25-2)10-6-14;/h3-11,21H,12H2,1-2H3;1H. The molecule has 0 unspecified atom stereocenters. The number of halogens is 2. The summed E-state index contributed by atoms with van der Waals surface area (Å²) < 4.78 is 9.78. The lowest BCUT2D eigenvalue weighted by molar-refractivity contribution is -0.667. The molecule has 0 spiro atoms. The maximum Gasteiger partial charge on any atom is 0.355 e. The Bertz CT molecular complexity index is 904. The van der Waals surface area contributed by atoms with Crippen LogP contribution < -0.4 is 32.0 Å². The van der Waals surface area contributed by atoms with E-state index in [9.17, 15) is 4.79 Å². The molecule has 0 fully saturated rings. The Morgan fingerprint density at radius 2 is 1.77 bits per heavy atom. The maximum atomic E-state index is 12.5. The molecule has 2 aromatic carbocycles. The molecule has 0 aliphatic carbocycles. The smallest absolute Gasteiger partial charge is 0.355 e. The number of nitrogen functional groups attached to an aromatic ring is 1. The van der Waals surface area contributed by atoms with E-state index in [0.29, 0.717) is 11.5 Å². The minimum atomic E-state index is -0.00712. The molecule has 1 aromatic heterocycles. The second-order valence-electron chi connectivity index (χ2n) is 5.72. The number of nitrogens with two attached hydrogens (primary N) is 1. The van der Waals surface area contributed by atoms with E-state index in [0.717, 1.165) is 21.5 Å². The van der Waals surface area contributed by atoms with Crippen LogP contribution in [0.15, 0.2) is 59.2 Å². The number of benzene rings is 2. The number of hydrogen-bond donors (Lipinski definition) is 1. The van der Waals surface area contributed by atoms with Gasteiger partial charge >= 0.3 is 5.95 Å². The Morgan fingerprint density at radius 1 is 1.15 bits per heavy atom. The largest absolute Gasteiger partial charge is 1.00 e. The van der Waals surface area contributed by atoms with Crippen molar-refractivity contribution in [2.75, 3.05) is 12.8 Å². The molecule has 2 N–H and O–H groups in total. The van der Waals surface area contributed by atoms with Gasteiger partial charge in [0.25, 0.3) is 0 Å². The SMILES string of the molecule is COc1ccc(C(=O)C[n+]2cc(-c3ccc(Br)cc3)n(C)c2N)cc1.[Br-]. The molecule has 0 atom stereocenters. The molecular formula is C19H19Br2N3O2. The maximum absolute atomic E-state index is 12.5. The summed E-state index contributed by atoms with van der Waals surface area (Å²) in [7, 11) is 3.49. The van der Waals surface area contributed by atoms with Gasteiger partial charge in [-0.1, -0.05) is 28.1 Å². The normalized spacial score (nSPS) is 10.3. The minimum absolute atomic E-state index is 0. The van der Waals surface area contributed by atoms with Gasteiger partial charge in [0.1, 0.15) is 24.2 Å². The van der Waals surface area contributed by atoms with Crippen LogP contribution in [0.2, 0.25) is 0 Å². The van der Waals surface area contributed by atoms with Crippen LogP contribution in [0.4, 0.5) is 5.95 Å². The number of methoxy groups -OCH3 is 1. The zero-order valence-electron chi connectivity index (χ0n) is 14.4. The fourth-order valence-corrected chi connectivity index (χ4v) is 2.92. The number of hydrogen-bond acceptors (Lipinski definition) is 3. The van der Waals surface area contributed by atoms with Crippen molar-refractivity contribution in [2.24, 2.45) is 7.05 Å². The summed E-state index contributed by atoms with van der Waals surface area (Å²) in [4.78, 5) is 12.5. The average molecular weight is 481 g/mol. The van der Waals surface area contributed by atoms with Gasteiger partial charge in [-0.05, 0) is 36.4 Å². The van der Waals surface area contributed by atoms with E-state index in [-0.39, 0.29) is 29.3 Å². The molecule has 3 rings (SSSR count). The highest BCUT2D eigenvalue weighted by atomic mass is 79.9. The average Bonchev–Trinajstić information content (AvgIpc) is 2.91. The third-order valence-corrected chi connectivity index (χ3v) is 4.67. The Hall–Kier alpha value is -2.12. The van der Waals surface area contributed by atoms with Gasteiger partial charge < -0.3 is 21.7 Å². The number of ketones is 1. The van der Waals surface area contributed by atoms with Crippen LogP contribution in [0.1, 0.15) is 10.4 Å². The fraction of sp³-hybridized carbons (Fsp3) is 0.158. The van der Waals surface area contributed by atoms with E-state index >= 15 is 0 Å². The van der Waals surface area contributed by atoms with Gasteiger partial charge in [0, 0.05) is 15.6 Å². The van der Waals surface area contributed by atoms with Crippen molar-refractivity contribution in [2.45, 2.75) is 6.54 Å². The van der Waals surface area contributed by atoms with Crippen LogP contribution in [0.5, 0.6) is 5.75 Å². The second-order valence-corrected chi connectivity index (χ2v) is 6.63. The Balaban J connectivity index is 0.00000243. The van der Waals surface area contributed by atoms with Crippen molar-refractivity contribution in [3.63, 3.8) is 0 Å². The molecule has 0 saturated carbocycles. The first-order valence-electron chi connectivity index (χ1n) is 7.77. The summed E-state index contributed by atoms with van der Waals surface area (Å²) in [6.45, 7) is 0.183. The van der Waals surface area contributed by atoms with Gasteiger partial charge in [-0.25, -0.2) is 9.13 Å². The topological polar surface area (TPSA) is 61.1 Å². The number of imidazole rings is 1. The van der Waals surface area contributed by atoms with E-state index < -0.39 is 0 Å². The van der Waals surface area contributed by atoms with Gasteiger partial charge in [0.2, 0.25) is 0 Å². The molecule has 1 heterocycles. The van der Waals surface area contributed by atoms with Crippen LogP contribution >= 0.6 is 15.9 Å². The fourth-order valence-electron chi connectivity index (χ4n) is 2.65. The highest BCUT2D eigenvalue weighted by Crippen LogP contribution is 2.22. The van der Waals surface area contributed by atoms with Crippen LogP contribution in [-0.2, 0) is 13.6 Å². The number of Topliss-reactive ketones (excluding diaryl/α,β-unsaturated/α-hetero) is 1. The molecule has 0 bridgehead atoms. The van der Waals surface area contributed by atoms with E-state index in [1.807, 2.05) is 42.1 Å². The molecule has 0 aliphatic heterocycles. The molecule has 136 valence electrons. The zero-order chi connectivity index (χ0) is 18.0. The van der Waals surface area contributed by atoms with Crippen molar-refractivity contribution in [3.05, 3.63) is 64.8 Å². The molecule has 26 heavy (non-hydrogen) atoms. The Labute approximate surface area is 171 Å². The van der Waals surface area contributed by atoms with Crippen molar-refractivity contribution < 1.29 is 31.1 Å². The molecule has 0 amide bonds. The van der Waals surface area contributed by atoms with Gasteiger partial charge in [0.05, 0.1) is 14.2 Å². The molecule has 3 aromatic rings. The van der Waals surface area contributed by atoms with E-state index in [2.05, 4.69) is 15.9 Å². The first-order chi connectivity index (χ1) is 12.0. The van der Waals surface area contributed by atoms with Gasteiger partial charge in [-0.2, -0.15) is 0 Å². The second kappa shape index (κ2) is 8.51. The Morgan fingerprint density at radius 3 is 2.35 bits per heavy atom. The highest BCUT2D eigenvalue weighted by molar-refractivity contribution is 9.10. The van der Waals surface area contributed by atoms with Gasteiger partial charge in [-0.3, -0.25) is 10.5 Å². The summed E-state index contributed by atoms with van der Waals surface area (Å²) >= 11 is 3.43. The lowest BCUT2D eigenvalue weighted by atomic mass is 10.1. The molecule has 0 aliphatic rings. The minimum Gasteiger partial charge on any atom is -1.00 e. The summed E-state index contributed by atoms with van der Waals surface area (Å²) in [5.41, 5.74) is 8.80. The summed E-state index contributed by atoms with van der Waals surface area (Å²) in [5.74, 6) is 1.24. The van der Waals surface area contributed by atoms with Crippen LogP contribution in [0, 0.1) is 0 Å². The number of rotatable bonds is 5. The zero-order valence-corrected chi connectivity index (χ0v) is 17.6. The first-order valence-corrected chi connectivity index (χ1v) is 8.56. The summed E-state index contributed by atoms with van der Waals surface area (Å²) in [6, 6.07) is 15.0. The monoisotopic (exact) mass is 479 g/mol. The lowest BCUT2D eigenvalue weighted by Crippen LogP contribution is -3.00. The third-order valence-electron chi connectivity index (χ3n) is 4.14. The van der Waals surface area contributed by atoms with Crippen LogP contribution in [0.3, 0.4) is 0 Å². The molecular weight excluding hydrogens is 462 g/mol. The summed E-state index contributed by atoms with van der Waals surface area (Å²) in [6.07, 6.45) is 1.90. The van der Waals surface area contributed by atoms with Crippen molar-refractivity contribution >= 4 is 27.7 Å².